The molecule has 5 N–H and O–H groups in total. The fraction of sp³-hybridized carbons (Fsp3) is 0.480. The minimum Gasteiger partial charge on any atom is -0.470 e. The second kappa shape index (κ2) is 13.1. The van der Waals surface area contributed by atoms with Gasteiger partial charge >= 0.3 is 13.9 Å². The molecule has 5 atom stereocenters. The van der Waals surface area contributed by atoms with E-state index in [0.717, 1.165) is 5.01 Å². The van der Waals surface area contributed by atoms with Crippen molar-refractivity contribution in [1.82, 2.24) is 5.01 Å². The van der Waals surface area contributed by atoms with E-state index in [9.17, 15) is 32.7 Å². The third kappa shape index (κ3) is 8.92. The van der Waals surface area contributed by atoms with Crippen LogP contribution in [0.25, 0.3) is 0 Å². The Kier molecular flexibility index (Phi) is 10.4. The van der Waals surface area contributed by atoms with Crippen LogP contribution in [0.2, 0.25) is 0 Å². The van der Waals surface area contributed by atoms with E-state index in [-0.39, 0.29) is 24.8 Å². The highest BCUT2D eigenvalue weighted by molar-refractivity contribution is 7.92. The lowest BCUT2D eigenvalue weighted by Gasteiger charge is -2.42. The molecule has 1 aromatic heterocycles. The molecule has 1 heterocycles. The second-order valence-electron chi connectivity index (χ2n) is 9.85. The first kappa shape index (κ1) is 30.9. The van der Waals surface area contributed by atoms with Crippen molar-refractivity contribution >= 4 is 29.4 Å². The summed E-state index contributed by atoms with van der Waals surface area (Å²) in [6.45, 7) is 3.03. The topological polar surface area (TPSA) is 184 Å². The summed E-state index contributed by atoms with van der Waals surface area (Å²) < 4.78 is 48.1. The Balaban J connectivity index is 1.94. The fourth-order valence-corrected chi connectivity index (χ4v) is 7.27. The van der Waals surface area contributed by atoms with Gasteiger partial charge in [0.1, 0.15) is 6.26 Å². The lowest BCUT2D eigenvalue weighted by Crippen LogP contribution is -2.58. The number of hydrazine groups is 1. The van der Waals surface area contributed by atoms with Crippen LogP contribution in [-0.4, -0.2) is 70.1 Å². The van der Waals surface area contributed by atoms with Crippen LogP contribution in [-0.2, 0) is 25.3 Å². The van der Waals surface area contributed by atoms with E-state index in [4.69, 9.17) is 14.7 Å². The third-order valence-corrected chi connectivity index (χ3v) is 9.48. The largest absolute Gasteiger partial charge is 0.470 e. The molecular formula is C25H36N3O9PS. The number of anilines is 1. The van der Waals surface area contributed by atoms with Crippen molar-refractivity contribution in [3.63, 3.8) is 0 Å². The van der Waals surface area contributed by atoms with Crippen LogP contribution in [0, 0.1) is 5.92 Å². The predicted octanol–water partition coefficient (Wildman–Crippen LogP) is 3.19. The average molecular weight is 586 g/mol. The number of phosphoric acid groups is 1. The maximum absolute atomic E-state index is 13.1. The van der Waals surface area contributed by atoms with Gasteiger partial charge in [-0.1, -0.05) is 49.4 Å². The maximum atomic E-state index is 13.1. The quantitative estimate of drug-likeness (QED) is 0.154. The molecule has 1 aliphatic carbocycles. The summed E-state index contributed by atoms with van der Waals surface area (Å²) in [5.41, 5.74) is 6.89. The number of amides is 1. The van der Waals surface area contributed by atoms with E-state index in [2.05, 4.69) is 0 Å². The Hall–Kier alpha value is -2.67. The zero-order chi connectivity index (χ0) is 28.8. The summed E-state index contributed by atoms with van der Waals surface area (Å²) >= 11 is 0. The third-order valence-electron chi connectivity index (χ3n) is 6.53. The fourth-order valence-electron chi connectivity index (χ4n) is 4.72. The van der Waals surface area contributed by atoms with Gasteiger partial charge in [0.2, 0.25) is 0 Å². The van der Waals surface area contributed by atoms with Gasteiger partial charge in [-0.2, -0.15) is 0 Å². The molecule has 0 saturated carbocycles. The van der Waals surface area contributed by atoms with Crippen molar-refractivity contribution in [3.8, 4) is 0 Å². The number of nitrogens with zero attached hydrogens (tertiary/aromatic N) is 2. The van der Waals surface area contributed by atoms with Crippen molar-refractivity contribution in [2.24, 2.45) is 11.7 Å². The van der Waals surface area contributed by atoms with Crippen LogP contribution in [0.1, 0.15) is 32.3 Å². The highest BCUT2D eigenvalue weighted by atomic mass is 32.2. The number of furan rings is 1. The molecule has 12 nitrogen and oxygen atoms in total. The number of benzene rings is 1. The molecule has 1 amide bonds. The van der Waals surface area contributed by atoms with Gasteiger partial charge in [-0.3, -0.25) is 9.53 Å². The Bertz CT molecular complexity index is 1250. The minimum absolute atomic E-state index is 0.0467. The van der Waals surface area contributed by atoms with Crippen LogP contribution in [0.15, 0.2) is 65.5 Å². The van der Waals surface area contributed by atoms with Gasteiger partial charge in [0.15, 0.2) is 9.84 Å². The van der Waals surface area contributed by atoms with Crippen LogP contribution in [0.3, 0.4) is 0 Å². The molecule has 14 heteroatoms. The molecule has 0 fully saturated rings. The molecular weight excluding hydrogens is 549 g/mol. The Morgan fingerprint density at radius 2 is 1.87 bits per heavy atom. The predicted molar refractivity (Wildman–Crippen MR) is 146 cm³/mol. The molecule has 39 heavy (non-hydrogen) atoms. The lowest BCUT2D eigenvalue weighted by molar-refractivity contribution is 0.0446. The second-order valence-corrected chi connectivity index (χ2v) is 13.3. The number of phosphoric ester groups is 1. The molecule has 0 radical (unpaired) electrons. The maximum Gasteiger partial charge on any atom is 0.469 e. The Morgan fingerprint density at radius 1 is 1.18 bits per heavy atom. The summed E-state index contributed by atoms with van der Waals surface area (Å²) in [5, 5.41) is 12.0. The number of hydrogen-bond donors (Lipinski definition) is 4. The highest BCUT2D eigenvalue weighted by Crippen LogP contribution is 2.39. The van der Waals surface area contributed by atoms with Crippen LogP contribution < -0.4 is 10.7 Å². The van der Waals surface area contributed by atoms with Gasteiger partial charge in [0.05, 0.1) is 35.1 Å². The Morgan fingerprint density at radius 3 is 2.41 bits per heavy atom. The molecule has 3 unspecified atom stereocenters. The van der Waals surface area contributed by atoms with Crippen molar-refractivity contribution < 1.29 is 41.6 Å². The first-order valence-electron chi connectivity index (χ1n) is 12.5. The molecule has 0 saturated heterocycles. The summed E-state index contributed by atoms with van der Waals surface area (Å²) in [5.74, 6) is -0.747. The van der Waals surface area contributed by atoms with Gasteiger partial charge in [0.25, 0.3) is 0 Å². The number of sulfone groups is 1. The first-order valence-corrected chi connectivity index (χ1v) is 15.8. The van der Waals surface area contributed by atoms with Gasteiger partial charge < -0.3 is 25.0 Å². The molecule has 0 aliphatic heterocycles. The van der Waals surface area contributed by atoms with E-state index in [0.29, 0.717) is 24.1 Å². The SMILES string of the molecule is CC(CN(c1ccoc1)N(C(=O)O)[C@@H](Cc1ccccc1)[C@@H](C)OP(=O)(O)O)CS(=O)(=O)C1C=CC(N)CC1. The first-order chi connectivity index (χ1) is 18.3. The molecule has 2 aromatic rings. The summed E-state index contributed by atoms with van der Waals surface area (Å²) in [6.07, 6.45) is 4.34. The zero-order valence-corrected chi connectivity index (χ0v) is 23.5. The van der Waals surface area contributed by atoms with Gasteiger partial charge in [-0.25, -0.2) is 22.8 Å². The smallest absolute Gasteiger partial charge is 0.469 e. The Labute approximate surface area is 228 Å². The zero-order valence-electron chi connectivity index (χ0n) is 21.8. The standard InChI is InChI=1S/C25H36N3O9PS/c1-18(17-39(34,35)23-10-8-21(26)9-11-23)15-27(22-12-13-36-16-22)28(25(29)30)24(19(2)37-38(31,32)33)14-20-6-4-3-5-7-20/h3-8,10,12-13,16,18-19,21,23-24H,9,11,14-15,17,26H2,1-2H3,(H,29,30)(H2,31,32,33)/t18?,19-,21?,23?,24+/m1/s1. The lowest BCUT2D eigenvalue weighted by atomic mass is 10.0. The number of hydrogen-bond acceptors (Lipinski definition) is 8. The number of carbonyl (C=O) groups is 1. The monoisotopic (exact) mass is 585 g/mol. The highest BCUT2D eigenvalue weighted by Gasteiger charge is 2.38. The normalized spacial score (nSPS) is 20.2. The van der Waals surface area contributed by atoms with E-state index >= 15 is 0 Å². The van der Waals surface area contributed by atoms with Crippen LogP contribution in [0.5, 0.6) is 0 Å². The molecule has 1 aliphatic rings. The molecule has 216 valence electrons. The van der Waals surface area contributed by atoms with Crippen LogP contribution >= 0.6 is 7.82 Å². The average Bonchev–Trinajstić information content (AvgIpc) is 3.37. The molecule has 3 rings (SSSR count). The number of rotatable bonds is 13. The van der Waals surface area contributed by atoms with Crippen LogP contribution in [0.4, 0.5) is 10.5 Å². The van der Waals surface area contributed by atoms with Crippen molar-refractivity contribution in [1.29, 1.82) is 0 Å². The van der Waals surface area contributed by atoms with E-state index in [1.807, 2.05) is 0 Å². The van der Waals surface area contributed by atoms with Gasteiger partial charge in [0, 0.05) is 18.7 Å². The molecule has 1 aromatic carbocycles. The molecule has 0 spiro atoms. The summed E-state index contributed by atoms with van der Waals surface area (Å²) in [6, 6.07) is 9.09. The van der Waals surface area contributed by atoms with E-state index < -0.39 is 47.1 Å². The summed E-state index contributed by atoms with van der Waals surface area (Å²) in [4.78, 5) is 31.7. The summed E-state index contributed by atoms with van der Waals surface area (Å²) in [7, 11) is -8.53. The van der Waals surface area contributed by atoms with Crippen molar-refractivity contribution in [3.05, 3.63) is 66.6 Å². The van der Waals surface area contributed by atoms with Crippen molar-refractivity contribution in [2.75, 3.05) is 17.3 Å². The molecule has 0 bridgehead atoms. The van der Waals surface area contributed by atoms with E-state index in [1.165, 1.54) is 30.5 Å². The van der Waals surface area contributed by atoms with Gasteiger partial charge in [-0.15, -0.1) is 0 Å². The number of nitrogens with two attached hydrogens (primary N) is 1. The van der Waals surface area contributed by atoms with Gasteiger partial charge in [-0.05, 0) is 37.7 Å². The van der Waals surface area contributed by atoms with Crippen molar-refractivity contribution in [2.45, 2.75) is 56.5 Å². The van der Waals surface area contributed by atoms with E-state index in [1.54, 1.807) is 49.4 Å². The minimum atomic E-state index is -4.97. The number of carboxylic acid groups (broad SMARTS) is 1.